The first-order chi connectivity index (χ1) is 13.4. The predicted molar refractivity (Wildman–Crippen MR) is 111 cm³/mol. The molecule has 0 fully saturated rings. The molecule has 28 heavy (non-hydrogen) atoms. The van der Waals surface area contributed by atoms with E-state index in [-0.39, 0.29) is 11.8 Å². The zero-order valence-electron chi connectivity index (χ0n) is 16.1. The molecule has 0 spiro atoms. The molecule has 1 N–H and O–H groups in total. The van der Waals surface area contributed by atoms with Gasteiger partial charge in [-0.05, 0) is 55.8 Å². The fourth-order valence-corrected chi connectivity index (χ4v) is 3.35. The van der Waals surface area contributed by atoms with Gasteiger partial charge in [0.2, 0.25) is 5.91 Å². The van der Waals surface area contributed by atoms with Crippen molar-refractivity contribution in [1.29, 1.82) is 0 Å². The second-order valence-electron chi connectivity index (χ2n) is 6.47. The van der Waals surface area contributed by atoms with Crippen LogP contribution in [0, 0.1) is 0 Å². The van der Waals surface area contributed by atoms with Gasteiger partial charge in [-0.25, -0.2) is 5.01 Å². The Labute approximate surface area is 169 Å². The largest absolute Gasteiger partial charge is 0.372 e. The number of amides is 2. The lowest BCUT2D eigenvalue weighted by Crippen LogP contribution is -2.48. The molecule has 6 nitrogen and oxygen atoms in total. The lowest BCUT2D eigenvalue weighted by Gasteiger charge is -2.31. The Kier molecular flexibility index (Phi) is 5.99. The molecule has 0 aliphatic carbocycles. The van der Waals surface area contributed by atoms with E-state index in [9.17, 15) is 9.59 Å². The Balaban J connectivity index is 1.94. The van der Waals surface area contributed by atoms with Gasteiger partial charge in [-0.15, -0.1) is 0 Å². The molecule has 0 saturated heterocycles. The van der Waals surface area contributed by atoms with Crippen molar-refractivity contribution in [3.8, 4) is 0 Å². The molecule has 2 amide bonds. The van der Waals surface area contributed by atoms with Crippen molar-refractivity contribution < 1.29 is 9.59 Å². The van der Waals surface area contributed by atoms with Gasteiger partial charge in [-0.3, -0.25) is 9.59 Å². The number of benzene rings is 2. The smallest absolute Gasteiger partial charge is 0.255 e. The number of hydrogen-bond donors (Lipinski definition) is 1. The van der Waals surface area contributed by atoms with Crippen molar-refractivity contribution in [2.24, 2.45) is 5.10 Å². The summed E-state index contributed by atoms with van der Waals surface area (Å²) in [6, 6.07) is 13.8. The van der Waals surface area contributed by atoms with E-state index in [0.29, 0.717) is 22.0 Å². The van der Waals surface area contributed by atoms with E-state index in [4.69, 9.17) is 11.6 Å². The van der Waals surface area contributed by atoms with Gasteiger partial charge in [0.1, 0.15) is 0 Å². The van der Waals surface area contributed by atoms with Crippen LogP contribution in [0.4, 0.5) is 5.69 Å². The zero-order valence-corrected chi connectivity index (χ0v) is 16.9. The molecule has 1 aliphatic heterocycles. The molecular weight excluding hydrogens is 376 g/mol. The minimum absolute atomic E-state index is 0.300. The number of hydrazone groups is 1. The molecule has 146 valence electrons. The molecule has 1 heterocycles. The molecule has 0 saturated carbocycles. The fraction of sp³-hybridized carbons (Fsp3) is 0.286. The van der Waals surface area contributed by atoms with Gasteiger partial charge in [0.25, 0.3) is 5.91 Å². The molecular formula is C21H23ClN4O2. The zero-order chi connectivity index (χ0) is 20.3. The van der Waals surface area contributed by atoms with E-state index in [0.717, 1.165) is 18.8 Å². The van der Waals surface area contributed by atoms with Crippen LogP contribution >= 0.6 is 11.6 Å². The Morgan fingerprint density at radius 2 is 1.71 bits per heavy atom. The van der Waals surface area contributed by atoms with Gasteiger partial charge in [-0.2, -0.15) is 5.10 Å². The number of carbonyl (C=O) groups is 2. The van der Waals surface area contributed by atoms with Gasteiger partial charge < -0.3 is 10.2 Å². The summed E-state index contributed by atoms with van der Waals surface area (Å²) < 4.78 is 0. The van der Waals surface area contributed by atoms with Crippen LogP contribution in [0.15, 0.2) is 53.6 Å². The van der Waals surface area contributed by atoms with Crippen LogP contribution in [0.2, 0.25) is 5.02 Å². The monoisotopic (exact) mass is 398 g/mol. The lowest BCUT2D eigenvalue weighted by molar-refractivity contribution is -0.139. The number of nitrogens with one attached hydrogen (secondary N) is 1. The highest BCUT2D eigenvalue weighted by Crippen LogP contribution is 2.27. The normalized spacial score (nSPS) is 16.4. The maximum absolute atomic E-state index is 12.9. The fourth-order valence-electron chi connectivity index (χ4n) is 3.23. The predicted octanol–water partition coefficient (Wildman–Crippen LogP) is 3.57. The standard InChI is InChI=1S/C21H23ClN4O2/c1-4-25(5-2)18-12-8-15(9-13-18)19-21(28)23-20(24-26(19)14(3)27)16-6-10-17(22)11-7-16/h6-13,19H,4-5H2,1-3H3,(H,23,24,28). The first kappa shape index (κ1) is 19.9. The van der Waals surface area contributed by atoms with E-state index in [1.807, 2.05) is 24.3 Å². The second kappa shape index (κ2) is 8.44. The van der Waals surface area contributed by atoms with E-state index >= 15 is 0 Å². The first-order valence-electron chi connectivity index (χ1n) is 9.24. The SMILES string of the molecule is CCN(CC)c1ccc(C2C(=O)NC(c3ccc(Cl)cc3)=NN2C(C)=O)cc1. The van der Waals surface area contributed by atoms with Crippen LogP contribution in [-0.2, 0) is 9.59 Å². The summed E-state index contributed by atoms with van der Waals surface area (Å²) in [5.74, 6) is -0.280. The van der Waals surface area contributed by atoms with Crippen molar-refractivity contribution in [2.75, 3.05) is 18.0 Å². The third kappa shape index (κ3) is 4.02. The number of amidine groups is 1. The number of nitrogens with zero attached hydrogens (tertiary/aromatic N) is 3. The molecule has 2 aromatic carbocycles. The van der Waals surface area contributed by atoms with Crippen LogP contribution in [0.3, 0.4) is 0 Å². The number of carbonyl (C=O) groups excluding carboxylic acids is 2. The van der Waals surface area contributed by atoms with Crippen molar-refractivity contribution in [2.45, 2.75) is 26.8 Å². The molecule has 1 atom stereocenters. The Hall–Kier alpha value is -2.86. The van der Waals surface area contributed by atoms with E-state index in [1.54, 1.807) is 24.3 Å². The third-order valence-corrected chi connectivity index (χ3v) is 4.97. The van der Waals surface area contributed by atoms with Gasteiger partial charge in [0, 0.05) is 36.3 Å². The van der Waals surface area contributed by atoms with Crippen LogP contribution in [0.25, 0.3) is 0 Å². The average Bonchev–Trinajstić information content (AvgIpc) is 2.69. The molecule has 0 radical (unpaired) electrons. The van der Waals surface area contributed by atoms with Crippen LogP contribution in [-0.4, -0.2) is 35.7 Å². The molecule has 2 aromatic rings. The van der Waals surface area contributed by atoms with E-state index in [2.05, 4.69) is 29.2 Å². The minimum atomic E-state index is -0.806. The highest BCUT2D eigenvalue weighted by atomic mass is 35.5. The highest BCUT2D eigenvalue weighted by molar-refractivity contribution is 6.30. The summed E-state index contributed by atoms with van der Waals surface area (Å²) in [6.45, 7) is 7.38. The van der Waals surface area contributed by atoms with Crippen LogP contribution in [0.5, 0.6) is 0 Å². The Bertz CT molecular complexity index is 890. The Morgan fingerprint density at radius 3 is 2.25 bits per heavy atom. The lowest BCUT2D eigenvalue weighted by atomic mass is 10.0. The quantitative estimate of drug-likeness (QED) is 0.837. The van der Waals surface area contributed by atoms with Gasteiger partial charge >= 0.3 is 0 Å². The van der Waals surface area contributed by atoms with E-state index in [1.165, 1.54) is 11.9 Å². The highest BCUT2D eigenvalue weighted by Gasteiger charge is 2.35. The average molecular weight is 399 g/mol. The summed E-state index contributed by atoms with van der Waals surface area (Å²) in [6.07, 6.45) is 0. The minimum Gasteiger partial charge on any atom is -0.372 e. The molecule has 0 bridgehead atoms. The van der Waals surface area contributed by atoms with Crippen molar-refractivity contribution >= 4 is 34.9 Å². The molecule has 3 rings (SSSR count). The molecule has 0 aromatic heterocycles. The number of rotatable bonds is 5. The maximum atomic E-state index is 12.9. The van der Waals surface area contributed by atoms with Gasteiger partial charge in [0.15, 0.2) is 11.9 Å². The van der Waals surface area contributed by atoms with Crippen molar-refractivity contribution in [3.05, 3.63) is 64.7 Å². The second-order valence-corrected chi connectivity index (χ2v) is 6.91. The summed E-state index contributed by atoms with van der Waals surface area (Å²) in [7, 11) is 0. The van der Waals surface area contributed by atoms with Crippen LogP contribution < -0.4 is 10.2 Å². The van der Waals surface area contributed by atoms with Gasteiger partial charge in [0.05, 0.1) is 0 Å². The Morgan fingerprint density at radius 1 is 1.11 bits per heavy atom. The topological polar surface area (TPSA) is 65.0 Å². The number of anilines is 1. The molecule has 1 aliphatic rings. The maximum Gasteiger partial charge on any atom is 0.255 e. The van der Waals surface area contributed by atoms with E-state index < -0.39 is 6.04 Å². The number of hydrogen-bond acceptors (Lipinski definition) is 4. The van der Waals surface area contributed by atoms with Gasteiger partial charge in [-0.1, -0.05) is 23.7 Å². The molecule has 7 heteroatoms. The van der Waals surface area contributed by atoms with Crippen molar-refractivity contribution in [1.82, 2.24) is 10.3 Å². The number of halogens is 1. The summed E-state index contributed by atoms with van der Waals surface area (Å²) in [4.78, 5) is 27.3. The third-order valence-electron chi connectivity index (χ3n) is 4.72. The molecule has 1 unspecified atom stereocenters. The summed E-state index contributed by atoms with van der Waals surface area (Å²) in [5.41, 5.74) is 2.46. The first-order valence-corrected chi connectivity index (χ1v) is 9.62. The van der Waals surface area contributed by atoms with Crippen LogP contribution in [0.1, 0.15) is 37.9 Å². The summed E-state index contributed by atoms with van der Waals surface area (Å²) in [5, 5.41) is 9.02. The van der Waals surface area contributed by atoms with Crippen molar-refractivity contribution in [3.63, 3.8) is 0 Å². The summed E-state index contributed by atoms with van der Waals surface area (Å²) >= 11 is 5.92.